The van der Waals surface area contributed by atoms with Crippen molar-refractivity contribution in [3.05, 3.63) is 33.9 Å². The monoisotopic (exact) mass is 326 g/mol. The summed E-state index contributed by atoms with van der Waals surface area (Å²) in [5.41, 5.74) is 0.0249. The van der Waals surface area contributed by atoms with Gasteiger partial charge in [-0.15, -0.1) is 11.8 Å². The number of morpholine rings is 1. The average Bonchev–Trinajstić information content (AvgIpc) is 2.53. The van der Waals surface area contributed by atoms with Crippen LogP contribution < -0.4 is 0 Å². The molecule has 1 aromatic carbocycles. The lowest BCUT2D eigenvalue weighted by Crippen LogP contribution is -2.48. The predicted octanol–water partition coefficient (Wildman–Crippen LogP) is 1.24. The molecule has 0 bridgehead atoms. The van der Waals surface area contributed by atoms with Crippen molar-refractivity contribution >= 4 is 29.3 Å². The van der Waals surface area contributed by atoms with E-state index in [1.165, 1.54) is 34.9 Å². The van der Waals surface area contributed by atoms with E-state index in [1.54, 1.807) is 6.26 Å². The van der Waals surface area contributed by atoms with Gasteiger partial charge in [0.25, 0.3) is 11.6 Å². The van der Waals surface area contributed by atoms with Crippen LogP contribution in [-0.4, -0.2) is 58.9 Å². The van der Waals surface area contributed by atoms with Crippen molar-refractivity contribution < 1.29 is 24.4 Å². The topological polar surface area (TPSA) is 110 Å². The second kappa shape index (κ2) is 6.75. The van der Waals surface area contributed by atoms with Crippen LogP contribution in [0.5, 0.6) is 0 Å². The van der Waals surface area contributed by atoms with Gasteiger partial charge < -0.3 is 14.7 Å². The molecule has 0 aliphatic carbocycles. The molecule has 1 N–H and O–H groups in total. The van der Waals surface area contributed by atoms with Gasteiger partial charge in [-0.25, -0.2) is 4.79 Å². The third-order valence-corrected chi connectivity index (χ3v) is 4.04. The molecule has 1 heterocycles. The maximum absolute atomic E-state index is 12.4. The number of nitro groups is 1. The smallest absolute Gasteiger partial charge is 0.334 e. The molecule has 0 radical (unpaired) electrons. The summed E-state index contributed by atoms with van der Waals surface area (Å²) in [6.45, 7) is 0.292. The molecule has 9 heteroatoms. The van der Waals surface area contributed by atoms with E-state index in [4.69, 9.17) is 9.84 Å². The molecule has 1 atom stereocenters. The van der Waals surface area contributed by atoms with Crippen molar-refractivity contribution in [2.75, 3.05) is 26.0 Å². The van der Waals surface area contributed by atoms with E-state index in [-0.39, 0.29) is 30.9 Å². The Balaban J connectivity index is 2.24. The van der Waals surface area contributed by atoms with Crippen molar-refractivity contribution in [2.24, 2.45) is 0 Å². The number of nitro benzene ring substituents is 1. The third kappa shape index (κ3) is 3.37. The van der Waals surface area contributed by atoms with Crippen LogP contribution in [0.2, 0.25) is 0 Å². The van der Waals surface area contributed by atoms with Gasteiger partial charge in [-0.3, -0.25) is 14.9 Å². The molecule has 0 aromatic heterocycles. The molecule has 1 saturated heterocycles. The first-order valence-electron chi connectivity index (χ1n) is 6.40. The fourth-order valence-corrected chi connectivity index (χ4v) is 2.68. The summed E-state index contributed by atoms with van der Waals surface area (Å²) in [5.74, 6) is -1.58. The molecule has 2 rings (SSSR count). The summed E-state index contributed by atoms with van der Waals surface area (Å²) in [4.78, 5) is 35.6. The lowest BCUT2D eigenvalue weighted by Gasteiger charge is -2.30. The van der Waals surface area contributed by atoms with Gasteiger partial charge in [0.1, 0.15) is 0 Å². The zero-order chi connectivity index (χ0) is 16.3. The minimum absolute atomic E-state index is 0.0771. The summed E-state index contributed by atoms with van der Waals surface area (Å²) in [6.07, 6.45) is 0.640. The largest absolute Gasteiger partial charge is 0.479 e. The second-order valence-electron chi connectivity index (χ2n) is 4.59. The van der Waals surface area contributed by atoms with E-state index in [2.05, 4.69) is 0 Å². The van der Waals surface area contributed by atoms with Crippen LogP contribution in [0.15, 0.2) is 23.1 Å². The Morgan fingerprint density at radius 3 is 2.82 bits per heavy atom. The molecule has 1 aliphatic rings. The first-order chi connectivity index (χ1) is 10.4. The van der Waals surface area contributed by atoms with Crippen molar-refractivity contribution in [3.63, 3.8) is 0 Å². The minimum Gasteiger partial charge on any atom is -0.479 e. The van der Waals surface area contributed by atoms with Gasteiger partial charge >= 0.3 is 5.97 Å². The number of carbonyl (C=O) groups excluding carboxylic acids is 1. The lowest BCUT2D eigenvalue weighted by molar-refractivity contribution is -0.387. The van der Waals surface area contributed by atoms with E-state index in [0.29, 0.717) is 4.90 Å². The van der Waals surface area contributed by atoms with Gasteiger partial charge in [0.05, 0.1) is 23.0 Å². The highest BCUT2D eigenvalue weighted by atomic mass is 32.2. The van der Waals surface area contributed by atoms with Crippen LogP contribution in [0.1, 0.15) is 10.4 Å². The number of ether oxygens (including phenoxy) is 1. The molecule has 118 valence electrons. The number of aliphatic carboxylic acids is 1. The molecular formula is C13H14N2O6S. The Hall–Kier alpha value is -2.13. The number of benzene rings is 1. The number of hydrogen-bond donors (Lipinski definition) is 1. The Morgan fingerprint density at radius 1 is 1.50 bits per heavy atom. The van der Waals surface area contributed by atoms with E-state index >= 15 is 0 Å². The van der Waals surface area contributed by atoms with Crippen LogP contribution in [0.3, 0.4) is 0 Å². The van der Waals surface area contributed by atoms with Crippen LogP contribution in [0, 0.1) is 10.1 Å². The van der Waals surface area contributed by atoms with Crippen LogP contribution in [0.4, 0.5) is 5.69 Å². The summed E-state index contributed by atoms with van der Waals surface area (Å²) < 4.78 is 5.05. The molecule has 1 aliphatic heterocycles. The summed E-state index contributed by atoms with van der Waals surface area (Å²) in [6, 6.07) is 4.25. The van der Waals surface area contributed by atoms with E-state index in [9.17, 15) is 19.7 Å². The number of amides is 1. The quantitative estimate of drug-likeness (QED) is 0.503. The van der Waals surface area contributed by atoms with Crippen molar-refractivity contribution in [3.8, 4) is 0 Å². The third-order valence-electron chi connectivity index (χ3n) is 3.25. The lowest BCUT2D eigenvalue weighted by atomic mass is 10.1. The van der Waals surface area contributed by atoms with Crippen LogP contribution >= 0.6 is 11.8 Å². The predicted molar refractivity (Wildman–Crippen MR) is 78.2 cm³/mol. The Labute approximate surface area is 130 Å². The van der Waals surface area contributed by atoms with E-state index in [0.717, 1.165) is 0 Å². The zero-order valence-corrected chi connectivity index (χ0v) is 12.5. The standard InChI is InChI=1S/C13H14N2O6S/c1-22-11-3-2-8(6-9(11)15(19)20)12(16)14-4-5-21-10(7-14)13(17)18/h2-3,6,10H,4-5,7H2,1H3,(H,17,18). The molecule has 0 spiro atoms. The van der Waals surface area contributed by atoms with E-state index < -0.39 is 22.9 Å². The number of hydrogen-bond acceptors (Lipinski definition) is 6. The number of rotatable bonds is 4. The van der Waals surface area contributed by atoms with Crippen LogP contribution in [0.25, 0.3) is 0 Å². The van der Waals surface area contributed by atoms with Crippen molar-refractivity contribution in [2.45, 2.75) is 11.0 Å². The van der Waals surface area contributed by atoms with Crippen LogP contribution in [-0.2, 0) is 9.53 Å². The fourth-order valence-electron chi connectivity index (χ4n) is 2.13. The van der Waals surface area contributed by atoms with Gasteiger partial charge in [-0.1, -0.05) is 0 Å². The number of nitrogens with zero attached hydrogens (tertiary/aromatic N) is 2. The molecule has 1 amide bonds. The highest BCUT2D eigenvalue weighted by molar-refractivity contribution is 7.98. The maximum atomic E-state index is 12.4. The highest BCUT2D eigenvalue weighted by Crippen LogP contribution is 2.28. The molecule has 0 saturated carbocycles. The first kappa shape index (κ1) is 16.2. The Morgan fingerprint density at radius 2 is 2.23 bits per heavy atom. The number of carboxylic acids is 1. The van der Waals surface area contributed by atoms with Gasteiger partial charge in [0, 0.05) is 18.2 Å². The Kier molecular flexibility index (Phi) is 4.99. The van der Waals surface area contributed by atoms with Gasteiger partial charge in [-0.2, -0.15) is 0 Å². The SMILES string of the molecule is CSc1ccc(C(=O)N2CCOC(C(=O)O)C2)cc1[N+](=O)[O-]. The summed E-state index contributed by atoms with van der Waals surface area (Å²) in [7, 11) is 0. The summed E-state index contributed by atoms with van der Waals surface area (Å²) in [5, 5.41) is 20.0. The molecular weight excluding hydrogens is 312 g/mol. The molecule has 1 aromatic rings. The summed E-state index contributed by atoms with van der Waals surface area (Å²) >= 11 is 1.22. The number of thioether (sulfide) groups is 1. The average molecular weight is 326 g/mol. The number of carbonyl (C=O) groups is 2. The maximum Gasteiger partial charge on any atom is 0.334 e. The second-order valence-corrected chi connectivity index (χ2v) is 5.44. The van der Waals surface area contributed by atoms with Gasteiger partial charge in [-0.05, 0) is 18.4 Å². The minimum atomic E-state index is -1.14. The first-order valence-corrected chi connectivity index (χ1v) is 7.62. The molecule has 8 nitrogen and oxygen atoms in total. The van der Waals surface area contributed by atoms with E-state index in [1.807, 2.05) is 0 Å². The normalized spacial score (nSPS) is 18.0. The molecule has 1 fully saturated rings. The fraction of sp³-hybridized carbons (Fsp3) is 0.385. The van der Waals surface area contributed by atoms with Gasteiger partial charge in [0.2, 0.25) is 0 Å². The van der Waals surface area contributed by atoms with Crippen molar-refractivity contribution in [1.29, 1.82) is 0 Å². The zero-order valence-electron chi connectivity index (χ0n) is 11.7. The van der Waals surface area contributed by atoms with Crippen molar-refractivity contribution in [1.82, 2.24) is 4.90 Å². The Bertz CT molecular complexity index is 621. The highest BCUT2D eigenvalue weighted by Gasteiger charge is 2.30. The van der Waals surface area contributed by atoms with Gasteiger partial charge in [0.15, 0.2) is 6.10 Å². The molecule has 1 unspecified atom stereocenters. The number of carboxylic acid groups (broad SMARTS) is 1. The molecule has 22 heavy (non-hydrogen) atoms.